The molecule has 0 aliphatic heterocycles. The van der Waals surface area contributed by atoms with Crippen LogP contribution in [0, 0.1) is 11.7 Å². The second-order valence-electron chi connectivity index (χ2n) is 4.82. The van der Waals surface area contributed by atoms with Crippen LogP contribution < -0.4 is 4.74 Å². The molecule has 3 nitrogen and oxygen atoms in total. The molecule has 1 N–H and O–H groups in total. The van der Waals surface area contributed by atoms with E-state index in [1.165, 1.54) is 13.2 Å². The second-order valence-corrected chi connectivity index (χ2v) is 4.82. The Morgan fingerprint density at radius 3 is 2.56 bits per heavy atom. The molecule has 1 aromatic carbocycles. The molecule has 18 heavy (non-hydrogen) atoms. The molecule has 0 spiro atoms. The Kier molecular flexibility index (Phi) is 5.13. The highest BCUT2D eigenvalue weighted by Gasteiger charge is 2.18. The fourth-order valence-corrected chi connectivity index (χ4v) is 2.05. The van der Waals surface area contributed by atoms with Gasteiger partial charge in [0, 0.05) is 0 Å². The number of hydrogen-bond acceptors (Lipinski definition) is 2. The van der Waals surface area contributed by atoms with E-state index in [1.54, 1.807) is 12.1 Å². The number of carboxylic acids is 1. The third kappa shape index (κ3) is 4.02. The largest absolute Gasteiger partial charge is 0.494 e. The van der Waals surface area contributed by atoms with E-state index in [0.717, 1.165) is 6.42 Å². The lowest BCUT2D eigenvalue weighted by molar-refractivity contribution is -0.137. The third-order valence-corrected chi connectivity index (χ3v) is 2.82. The highest BCUT2D eigenvalue weighted by Crippen LogP contribution is 2.30. The van der Waals surface area contributed by atoms with Gasteiger partial charge >= 0.3 is 5.97 Å². The Labute approximate surface area is 107 Å². The highest BCUT2D eigenvalue weighted by molar-refractivity contribution is 5.68. The number of halogens is 1. The molecule has 0 saturated heterocycles. The van der Waals surface area contributed by atoms with Crippen molar-refractivity contribution in [2.24, 2.45) is 5.92 Å². The van der Waals surface area contributed by atoms with Crippen molar-refractivity contribution in [3.63, 3.8) is 0 Å². The van der Waals surface area contributed by atoms with Gasteiger partial charge < -0.3 is 9.84 Å². The molecule has 0 heterocycles. The van der Waals surface area contributed by atoms with E-state index in [0.29, 0.717) is 11.5 Å². The molecule has 0 aliphatic rings. The Bertz CT molecular complexity index is 416. The van der Waals surface area contributed by atoms with Gasteiger partial charge in [0.25, 0.3) is 0 Å². The average Bonchev–Trinajstić information content (AvgIpc) is 2.26. The molecule has 0 bridgehead atoms. The van der Waals surface area contributed by atoms with E-state index in [-0.39, 0.29) is 18.1 Å². The van der Waals surface area contributed by atoms with Gasteiger partial charge in [0.1, 0.15) is 0 Å². The van der Waals surface area contributed by atoms with E-state index >= 15 is 0 Å². The SMILES string of the molecule is COc1ccc(C(CC(=O)O)CC(C)C)cc1F. The van der Waals surface area contributed by atoms with Crippen LogP contribution in [0.4, 0.5) is 4.39 Å². The van der Waals surface area contributed by atoms with Crippen molar-refractivity contribution in [2.75, 3.05) is 7.11 Å². The summed E-state index contributed by atoms with van der Waals surface area (Å²) in [5.74, 6) is -0.939. The summed E-state index contributed by atoms with van der Waals surface area (Å²) in [4.78, 5) is 10.9. The van der Waals surface area contributed by atoms with Crippen molar-refractivity contribution in [3.8, 4) is 5.75 Å². The standard InChI is InChI=1S/C14H19FO3/c1-9(2)6-11(8-14(16)17)10-4-5-13(18-3)12(15)7-10/h4-5,7,9,11H,6,8H2,1-3H3,(H,16,17). The van der Waals surface area contributed by atoms with E-state index in [2.05, 4.69) is 0 Å². The molecule has 0 aromatic heterocycles. The first-order valence-corrected chi connectivity index (χ1v) is 5.99. The Morgan fingerprint density at radius 2 is 2.11 bits per heavy atom. The van der Waals surface area contributed by atoms with Crippen molar-refractivity contribution in [1.82, 2.24) is 0 Å². The highest BCUT2D eigenvalue weighted by atomic mass is 19.1. The van der Waals surface area contributed by atoms with Crippen molar-refractivity contribution in [2.45, 2.75) is 32.6 Å². The molecular formula is C14H19FO3. The number of carbonyl (C=O) groups is 1. The molecule has 100 valence electrons. The molecule has 1 rings (SSSR count). The summed E-state index contributed by atoms with van der Waals surface area (Å²) in [6, 6.07) is 4.65. The van der Waals surface area contributed by atoms with Crippen LogP contribution >= 0.6 is 0 Å². The van der Waals surface area contributed by atoms with E-state index < -0.39 is 11.8 Å². The molecular weight excluding hydrogens is 235 g/mol. The minimum absolute atomic E-state index is 0.0178. The first-order valence-electron chi connectivity index (χ1n) is 5.99. The third-order valence-electron chi connectivity index (χ3n) is 2.82. The zero-order chi connectivity index (χ0) is 13.7. The number of aliphatic carboxylic acids is 1. The smallest absolute Gasteiger partial charge is 0.303 e. The lowest BCUT2D eigenvalue weighted by atomic mass is 9.88. The molecule has 0 aliphatic carbocycles. The quantitative estimate of drug-likeness (QED) is 0.845. The van der Waals surface area contributed by atoms with Crippen molar-refractivity contribution in [3.05, 3.63) is 29.6 Å². The van der Waals surface area contributed by atoms with Crippen LogP contribution in [0.2, 0.25) is 0 Å². The minimum atomic E-state index is -0.864. The second kappa shape index (κ2) is 6.38. The maximum atomic E-state index is 13.6. The molecule has 1 atom stereocenters. The lowest BCUT2D eigenvalue weighted by Gasteiger charge is -2.18. The van der Waals surface area contributed by atoms with Gasteiger partial charge in [-0.25, -0.2) is 4.39 Å². The Morgan fingerprint density at radius 1 is 1.44 bits per heavy atom. The van der Waals surface area contributed by atoms with Crippen LogP contribution in [0.5, 0.6) is 5.75 Å². The zero-order valence-electron chi connectivity index (χ0n) is 10.9. The minimum Gasteiger partial charge on any atom is -0.494 e. The van der Waals surface area contributed by atoms with Crippen LogP contribution in [0.15, 0.2) is 18.2 Å². The summed E-state index contributed by atoms with van der Waals surface area (Å²) in [7, 11) is 1.40. The first kappa shape index (κ1) is 14.5. The fraction of sp³-hybridized carbons (Fsp3) is 0.500. The van der Waals surface area contributed by atoms with Crippen LogP contribution in [-0.2, 0) is 4.79 Å². The van der Waals surface area contributed by atoms with Gasteiger partial charge in [-0.05, 0) is 36.0 Å². The molecule has 0 saturated carbocycles. The van der Waals surface area contributed by atoms with Crippen LogP contribution in [0.1, 0.15) is 38.2 Å². The van der Waals surface area contributed by atoms with Gasteiger partial charge in [-0.1, -0.05) is 19.9 Å². The molecule has 1 aromatic rings. The molecule has 1 unspecified atom stereocenters. The maximum Gasteiger partial charge on any atom is 0.303 e. The maximum absolute atomic E-state index is 13.6. The fourth-order valence-electron chi connectivity index (χ4n) is 2.05. The summed E-state index contributed by atoms with van der Waals surface area (Å²) < 4.78 is 18.5. The number of methoxy groups -OCH3 is 1. The number of ether oxygens (including phenoxy) is 1. The van der Waals surface area contributed by atoms with Gasteiger partial charge in [0.15, 0.2) is 11.6 Å². The van der Waals surface area contributed by atoms with Gasteiger partial charge in [-0.2, -0.15) is 0 Å². The number of benzene rings is 1. The molecule has 4 heteroatoms. The summed E-state index contributed by atoms with van der Waals surface area (Å²) in [5, 5.41) is 8.91. The van der Waals surface area contributed by atoms with Gasteiger partial charge in [-0.15, -0.1) is 0 Å². The summed E-state index contributed by atoms with van der Waals surface area (Å²) in [5.41, 5.74) is 0.712. The Balaban J connectivity index is 2.97. The van der Waals surface area contributed by atoms with E-state index in [9.17, 15) is 9.18 Å². The topological polar surface area (TPSA) is 46.5 Å². The number of carboxylic acid groups (broad SMARTS) is 1. The predicted octanol–water partition coefficient (Wildman–Crippen LogP) is 3.44. The van der Waals surface area contributed by atoms with E-state index in [1.807, 2.05) is 13.8 Å². The molecule has 0 radical (unpaired) electrons. The molecule has 0 amide bonds. The summed E-state index contributed by atoms with van der Waals surface area (Å²) in [6.45, 7) is 4.05. The Hall–Kier alpha value is -1.58. The zero-order valence-corrected chi connectivity index (χ0v) is 10.9. The van der Waals surface area contributed by atoms with Crippen molar-refractivity contribution in [1.29, 1.82) is 0 Å². The molecule has 0 fully saturated rings. The van der Waals surface area contributed by atoms with Crippen LogP contribution in [0.3, 0.4) is 0 Å². The number of hydrogen-bond donors (Lipinski definition) is 1. The van der Waals surface area contributed by atoms with E-state index in [4.69, 9.17) is 9.84 Å². The predicted molar refractivity (Wildman–Crippen MR) is 67.4 cm³/mol. The lowest BCUT2D eigenvalue weighted by Crippen LogP contribution is -2.09. The van der Waals surface area contributed by atoms with Gasteiger partial charge in [0.2, 0.25) is 0 Å². The summed E-state index contributed by atoms with van der Waals surface area (Å²) in [6.07, 6.45) is 0.738. The van der Waals surface area contributed by atoms with Crippen molar-refractivity contribution >= 4 is 5.97 Å². The number of rotatable bonds is 6. The normalized spacial score (nSPS) is 12.5. The van der Waals surface area contributed by atoms with Crippen molar-refractivity contribution < 1.29 is 19.0 Å². The summed E-state index contributed by atoms with van der Waals surface area (Å²) >= 11 is 0. The average molecular weight is 254 g/mol. The van der Waals surface area contributed by atoms with Gasteiger partial charge in [-0.3, -0.25) is 4.79 Å². The van der Waals surface area contributed by atoms with Gasteiger partial charge in [0.05, 0.1) is 13.5 Å². The van der Waals surface area contributed by atoms with Crippen LogP contribution in [0.25, 0.3) is 0 Å². The van der Waals surface area contributed by atoms with Crippen LogP contribution in [-0.4, -0.2) is 18.2 Å². The monoisotopic (exact) mass is 254 g/mol. The first-order chi connectivity index (χ1) is 8.43.